The Balaban J connectivity index is 2.24. The number of nitro benzene ring substituents is 1. The third-order valence-corrected chi connectivity index (χ3v) is 3.94. The van der Waals surface area contributed by atoms with Gasteiger partial charge >= 0.3 is 0 Å². The van der Waals surface area contributed by atoms with Gasteiger partial charge in [0, 0.05) is 23.9 Å². The number of hydrogen-bond donors (Lipinski definition) is 1. The van der Waals surface area contributed by atoms with Crippen molar-refractivity contribution < 1.29 is 24.0 Å². The number of anilines is 1. The summed E-state index contributed by atoms with van der Waals surface area (Å²) >= 11 is 6.10. The Morgan fingerprint density at radius 3 is 2.52 bits per heavy atom. The third kappa shape index (κ3) is 5.48. The standard InChI is InChI=1S/C18H17ClN4O6/c1-10(24)16(22-21-11-5-4-6-13(7-11)23(26)27)18(25)20-12-8-14(19)17(29-3)15(9-12)28-2/h4-9,16H,1-3H3,(H,20,25). The number of ketones is 1. The van der Waals surface area contributed by atoms with Gasteiger partial charge in [0.1, 0.15) is 0 Å². The summed E-state index contributed by atoms with van der Waals surface area (Å²) in [6.07, 6.45) is 0. The third-order valence-electron chi connectivity index (χ3n) is 3.66. The van der Waals surface area contributed by atoms with Gasteiger partial charge in [-0.1, -0.05) is 17.7 Å². The zero-order valence-electron chi connectivity index (χ0n) is 15.7. The van der Waals surface area contributed by atoms with Crippen LogP contribution in [0.3, 0.4) is 0 Å². The number of rotatable bonds is 8. The van der Waals surface area contributed by atoms with Crippen LogP contribution in [0.1, 0.15) is 6.92 Å². The SMILES string of the molecule is COc1cc(NC(=O)C(N=Nc2cccc([N+](=O)[O-])c2)C(C)=O)cc(Cl)c1OC. The van der Waals surface area contributed by atoms with Crippen LogP contribution in [0.2, 0.25) is 5.02 Å². The van der Waals surface area contributed by atoms with Gasteiger partial charge in [0.05, 0.1) is 29.9 Å². The normalized spacial score (nSPS) is 11.7. The Bertz CT molecular complexity index is 979. The molecule has 0 aliphatic heterocycles. The molecule has 0 saturated heterocycles. The van der Waals surface area contributed by atoms with E-state index in [1.165, 1.54) is 57.5 Å². The van der Waals surface area contributed by atoms with E-state index in [0.717, 1.165) is 0 Å². The van der Waals surface area contributed by atoms with Crippen molar-refractivity contribution in [3.63, 3.8) is 0 Å². The monoisotopic (exact) mass is 420 g/mol. The molecule has 10 nitrogen and oxygen atoms in total. The Labute approximate surface area is 170 Å². The summed E-state index contributed by atoms with van der Waals surface area (Å²) in [4.78, 5) is 34.6. The van der Waals surface area contributed by atoms with Crippen LogP contribution in [-0.4, -0.2) is 36.9 Å². The van der Waals surface area contributed by atoms with E-state index in [0.29, 0.717) is 5.75 Å². The molecule has 0 bridgehead atoms. The molecule has 2 aromatic carbocycles. The van der Waals surface area contributed by atoms with Gasteiger partial charge in [0.15, 0.2) is 17.3 Å². The summed E-state index contributed by atoms with van der Waals surface area (Å²) in [5.74, 6) is -0.744. The quantitative estimate of drug-likeness (QED) is 0.297. The molecule has 0 heterocycles. The molecule has 1 unspecified atom stereocenters. The molecule has 2 aromatic rings. The first-order valence-corrected chi connectivity index (χ1v) is 8.52. The number of nitrogens with zero attached hydrogens (tertiary/aromatic N) is 3. The highest BCUT2D eigenvalue weighted by Gasteiger charge is 2.24. The highest BCUT2D eigenvalue weighted by molar-refractivity contribution is 6.32. The van der Waals surface area contributed by atoms with E-state index in [4.69, 9.17) is 21.1 Å². The maximum atomic E-state index is 12.5. The van der Waals surface area contributed by atoms with Crippen molar-refractivity contribution in [1.82, 2.24) is 0 Å². The van der Waals surface area contributed by atoms with Crippen molar-refractivity contribution in [3.8, 4) is 11.5 Å². The number of amides is 1. The van der Waals surface area contributed by atoms with E-state index >= 15 is 0 Å². The summed E-state index contributed by atoms with van der Waals surface area (Å²) in [6.45, 7) is 1.18. The molecular formula is C18H17ClN4O6. The van der Waals surface area contributed by atoms with Crippen molar-refractivity contribution in [1.29, 1.82) is 0 Å². The highest BCUT2D eigenvalue weighted by atomic mass is 35.5. The maximum absolute atomic E-state index is 12.5. The fourth-order valence-corrected chi connectivity index (χ4v) is 2.60. The zero-order valence-corrected chi connectivity index (χ0v) is 16.5. The van der Waals surface area contributed by atoms with Crippen LogP contribution in [-0.2, 0) is 9.59 Å². The molecule has 0 aromatic heterocycles. The van der Waals surface area contributed by atoms with Crippen LogP contribution < -0.4 is 14.8 Å². The molecule has 152 valence electrons. The van der Waals surface area contributed by atoms with Gasteiger partial charge in [-0.3, -0.25) is 19.7 Å². The van der Waals surface area contributed by atoms with E-state index < -0.39 is 22.7 Å². The van der Waals surface area contributed by atoms with Gasteiger partial charge in [-0.15, -0.1) is 0 Å². The van der Waals surface area contributed by atoms with Crippen molar-refractivity contribution in [2.24, 2.45) is 10.2 Å². The molecule has 0 radical (unpaired) electrons. The second kappa shape index (κ2) is 9.60. The number of nitro groups is 1. The van der Waals surface area contributed by atoms with E-state index in [-0.39, 0.29) is 27.8 Å². The average molecular weight is 421 g/mol. The van der Waals surface area contributed by atoms with Crippen molar-refractivity contribution in [2.45, 2.75) is 13.0 Å². The molecule has 1 atom stereocenters. The van der Waals surface area contributed by atoms with Crippen LogP contribution in [0, 0.1) is 10.1 Å². The maximum Gasteiger partial charge on any atom is 0.271 e. The van der Waals surface area contributed by atoms with E-state index in [1.807, 2.05) is 0 Å². The lowest BCUT2D eigenvalue weighted by Gasteiger charge is -2.13. The van der Waals surface area contributed by atoms with Crippen LogP contribution >= 0.6 is 11.6 Å². The van der Waals surface area contributed by atoms with Gasteiger partial charge in [-0.2, -0.15) is 10.2 Å². The molecule has 2 rings (SSSR count). The second-order valence-corrected chi connectivity index (χ2v) is 6.10. The number of Topliss-reactive ketones (excluding diaryl/α,β-unsaturated/α-hetero) is 1. The molecule has 0 spiro atoms. The number of ether oxygens (including phenoxy) is 2. The van der Waals surface area contributed by atoms with Crippen molar-refractivity contribution in [2.75, 3.05) is 19.5 Å². The molecule has 0 aliphatic carbocycles. The number of carbonyl (C=O) groups excluding carboxylic acids is 2. The fourth-order valence-electron chi connectivity index (χ4n) is 2.31. The molecular weight excluding hydrogens is 404 g/mol. The lowest BCUT2D eigenvalue weighted by Crippen LogP contribution is -2.31. The molecule has 29 heavy (non-hydrogen) atoms. The molecule has 1 N–H and O–H groups in total. The number of non-ortho nitro benzene ring substituents is 1. The van der Waals surface area contributed by atoms with Crippen LogP contribution in [0.5, 0.6) is 11.5 Å². The second-order valence-electron chi connectivity index (χ2n) is 5.69. The van der Waals surface area contributed by atoms with Crippen LogP contribution in [0.25, 0.3) is 0 Å². The molecule has 0 saturated carbocycles. The number of hydrogen-bond acceptors (Lipinski definition) is 8. The molecule has 11 heteroatoms. The van der Waals surface area contributed by atoms with E-state index in [1.54, 1.807) is 0 Å². The first kappa shape index (κ1) is 21.8. The number of nitrogens with one attached hydrogen (secondary N) is 1. The van der Waals surface area contributed by atoms with Gasteiger partial charge in [0.2, 0.25) is 6.04 Å². The Hall–Kier alpha value is -3.53. The fraction of sp³-hybridized carbons (Fsp3) is 0.222. The summed E-state index contributed by atoms with van der Waals surface area (Å²) in [5.41, 5.74) is 0.201. The predicted octanol–water partition coefficient (Wildman–Crippen LogP) is 3.95. The first-order valence-electron chi connectivity index (χ1n) is 8.15. The number of methoxy groups -OCH3 is 2. The summed E-state index contributed by atoms with van der Waals surface area (Å²) in [7, 11) is 2.83. The Morgan fingerprint density at radius 2 is 1.93 bits per heavy atom. The topological polar surface area (TPSA) is 132 Å². The zero-order chi connectivity index (χ0) is 21.6. The number of carbonyl (C=O) groups is 2. The lowest BCUT2D eigenvalue weighted by molar-refractivity contribution is -0.384. The average Bonchev–Trinajstić information content (AvgIpc) is 2.67. The largest absolute Gasteiger partial charge is 0.493 e. The van der Waals surface area contributed by atoms with Crippen LogP contribution in [0.4, 0.5) is 17.1 Å². The van der Waals surface area contributed by atoms with Crippen molar-refractivity contribution in [3.05, 3.63) is 51.5 Å². The number of azo groups is 1. The summed E-state index contributed by atoms with van der Waals surface area (Å²) in [6, 6.07) is 6.77. The van der Waals surface area contributed by atoms with Gasteiger partial charge < -0.3 is 14.8 Å². The minimum absolute atomic E-state index is 0.132. The van der Waals surface area contributed by atoms with Gasteiger partial charge in [-0.05, 0) is 19.1 Å². The minimum atomic E-state index is -1.46. The molecule has 0 aliphatic rings. The Morgan fingerprint density at radius 1 is 1.21 bits per heavy atom. The lowest BCUT2D eigenvalue weighted by atomic mass is 10.2. The van der Waals surface area contributed by atoms with E-state index in [2.05, 4.69) is 15.5 Å². The number of benzene rings is 2. The molecule has 0 fully saturated rings. The smallest absolute Gasteiger partial charge is 0.271 e. The van der Waals surface area contributed by atoms with E-state index in [9.17, 15) is 19.7 Å². The Kier molecular flexibility index (Phi) is 7.21. The van der Waals surface area contributed by atoms with Crippen molar-refractivity contribution >= 4 is 40.4 Å². The summed E-state index contributed by atoms with van der Waals surface area (Å²) < 4.78 is 10.3. The highest BCUT2D eigenvalue weighted by Crippen LogP contribution is 2.37. The van der Waals surface area contributed by atoms with Gasteiger partial charge in [-0.25, -0.2) is 0 Å². The number of halogens is 1. The minimum Gasteiger partial charge on any atom is -0.493 e. The van der Waals surface area contributed by atoms with Gasteiger partial charge in [0.25, 0.3) is 11.6 Å². The first-order chi connectivity index (χ1) is 13.8. The predicted molar refractivity (Wildman–Crippen MR) is 105 cm³/mol. The molecule has 1 amide bonds. The summed E-state index contributed by atoms with van der Waals surface area (Å²) in [5, 5.41) is 21.1. The van der Waals surface area contributed by atoms with Crippen LogP contribution in [0.15, 0.2) is 46.6 Å².